The molecule has 3 heteroatoms. The minimum absolute atomic E-state index is 0.141. The lowest BCUT2D eigenvalue weighted by atomic mass is 10.1. The number of aryl methyl sites for hydroxylation is 1. The monoisotopic (exact) mass is 164 g/mol. The van der Waals surface area contributed by atoms with Crippen LogP contribution in [0.15, 0.2) is 0 Å². The molecule has 3 nitrogen and oxygen atoms in total. The summed E-state index contributed by atoms with van der Waals surface area (Å²) in [5.41, 5.74) is 2.84. The molecule has 0 spiro atoms. The molecule has 1 unspecified atom stereocenters. The van der Waals surface area contributed by atoms with E-state index in [0.29, 0.717) is 0 Å². The van der Waals surface area contributed by atoms with Gasteiger partial charge in [-0.3, -0.25) is 9.48 Å². The Kier molecular flexibility index (Phi) is 1.37. The third kappa shape index (κ3) is 0.763. The third-order valence-electron chi connectivity index (χ3n) is 2.60. The molecule has 1 atom stereocenters. The van der Waals surface area contributed by atoms with Crippen LogP contribution >= 0.6 is 0 Å². The molecule has 2 rings (SSSR count). The van der Waals surface area contributed by atoms with E-state index in [-0.39, 0.29) is 11.7 Å². The van der Waals surface area contributed by atoms with E-state index in [1.54, 1.807) is 4.68 Å². The first-order valence-electron chi connectivity index (χ1n) is 4.18. The Hall–Kier alpha value is -1.12. The molecule has 64 valence electrons. The first-order valence-corrected chi connectivity index (χ1v) is 4.18. The van der Waals surface area contributed by atoms with E-state index in [9.17, 15) is 4.79 Å². The summed E-state index contributed by atoms with van der Waals surface area (Å²) in [7, 11) is 1.88. The maximum atomic E-state index is 11.6. The quantitative estimate of drug-likeness (QED) is 0.575. The van der Waals surface area contributed by atoms with E-state index in [1.165, 1.54) is 0 Å². The van der Waals surface area contributed by atoms with Crippen LogP contribution in [0.1, 0.15) is 28.7 Å². The number of rotatable bonds is 0. The zero-order chi connectivity index (χ0) is 8.88. The van der Waals surface area contributed by atoms with Crippen molar-refractivity contribution in [2.75, 3.05) is 0 Å². The van der Waals surface area contributed by atoms with E-state index in [4.69, 9.17) is 0 Å². The average Bonchev–Trinajstić information content (AvgIpc) is 2.40. The van der Waals surface area contributed by atoms with Gasteiger partial charge in [0.05, 0.1) is 11.3 Å². The van der Waals surface area contributed by atoms with Gasteiger partial charge in [-0.25, -0.2) is 0 Å². The number of carbonyl (C=O) groups is 1. The van der Waals surface area contributed by atoms with Gasteiger partial charge < -0.3 is 0 Å². The zero-order valence-electron chi connectivity index (χ0n) is 7.59. The van der Waals surface area contributed by atoms with Crippen molar-refractivity contribution in [1.82, 2.24) is 9.78 Å². The maximum Gasteiger partial charge on any atom is 0.169 e. The van der Waals surface area contributed by atoms with Gasteiger partial charge in [0.15, 0.2) is 5.78 Å². The predicted octanol–water partition coefficient (Wildman–Crippen LogP) is 1.10. The fraction of sp³-hybridized carbons (Fsp3) is 0.556. The summed E-state index contributed by atoms with van der Waals surface area (Å²) >= 11 is 0. The maximum absolute atomic E-state index is 11.6. The van der Waals surface area contributed by atoms with Crippen molar-refractivity contribution in [3.63, 3.8) is 0 Å². The SMILES string of the molecule is Cc1c2c(nn1C)CC(C)C2=O. The van der Waals surface area contributed by atoms with Gasteiger partial charge >= 0.3 is 0 Å². The van der Waals surface area contributed by atoms with Crippen LogP contribution in [0.25, 0.3) is 0 Å². The molecule has 0 amide bonds. The van der Waals surface area contributed by atoms with E-state index in [1.807, 2.05) is 20.9 Å². The molecule has 0 saturated carbocycles. The van der Waals surface area contributed by atoms with E-state index < -0.39 is 0 Å². The smallest absolute Gasteiger partial charge is 0.169 e. The van der Waals surface area contributed by atoms with Gasteiger partial charge in [-0.15, -0.1) is 0 Å². The molecular weight excluding hydrogens is 152 g/mol. The van der Waals surface area contributed by atoms with Crippen molar-refractivity contribution >= 4 is 5.78 Å². The Bertz CT molecular complexity index is 352. The van der Waals surface area contributed by atoms with Gasteiger partial charge in [0, 0.05) is 25.1 Å². The molecule has 0 radical (unpaired) electrons. The molecule has 1 heterocycles. The second-order valence-electron chi connectivity index (χ2n) is 3.50. The van der Waals surface area contributed by atoms with Crippen LogP contribution in [0.3, 0.4) is 0 Å². The van der Waals surface area contributed by atoms with Crippen LogP contribution < -0.4 is 0 Å². The van der Waals surface area contributed by atoms with Crippen LogP contribution in [0, 0.1) is 12.8 Å². The molecule has 1 aliphatic carbocycles. The molecule has 0 saturated heterocycles. The molecule has 0 fully saturated rings. The molecule has 1 aromatic heterocycles. The summed E-state index contributed by atoms with van der Waals surface area (Å²) in [6, 6.07) is 0. The van der Waals surface area contributed by atoms with Crippen LogP contribution in [-0.2, 0) is 13.5 Å². The van der Waals surface area contributed by atoms with Crippen LogP contribution in [-0.4, -0.2) is 15.6 Å². The normalized spacial score (nSPS) is 21.6. The molecule has 0 N–H and O–H groups in total. The molecule has 1 aromatic rings. The van der Waals surface area contributed by atoms with Crippen LogP contribution in [0.4, 0.5) is 0 Å². The Morgan fingerprint density at radius 2 is 2.25 bits per heavy atom. The standard InChI is InChI=1S/C9H12N2O/c1-5-4-7-8(9(5)12)6(2)11(3)10-7/h5H,4H2,1-3H3. The third-order valence-corrected chi connectivity index (χ3v) is 2.60. The fourth-order valence-corrected chi connectivity index (χ4v) is 1.77. The number of hydrogen-bond acceptors (Lipinski definition) is 2. The Morgan fingerprint density at radius 1 is 1.58 bits per heavy atom. The Balaban J connectivity index is 2.61. The van der Waals surface area contributed by atoms with Gasteiger partial charge in [-0.2, -0.15) is 5.10 Å². The second kappa shape index (κ2) is 2.19. The lowest BCUT2D eigenvalue weighted by Crippen LogP contribution is -2.07. The summed E-state index contributed by atoms with van der Waals surface area (Å²) in [5.74, 6) is 0.401. The number of aromatic nitrogens is 2. The van der Waals surface area contributed by atoms with Gasteiger partial charge in [0.1, 0.15) is 0 Å². The van der Waals surface area contributed by atoms with Gasteiger partial charge in [0.25, 0.3) is 0 Å². The number of Topliss-reactive ketones (excluding diaryl/α,β-unsaturated/α-hetero) is 1. The van der Waals surface area contributed by atoms with Gasteiger partial charge in [-0.05, 0) is 6.92 Å². The van der Waals surface area contributed by atoms with E-state index in [0.717, 1.165) is 23.4 Å². The highest BCUT2D eigenvalue weighted by Crippen LogP contribution is 2.27. The number of hydrogen-bond donors (Lipinski definition) is 0. The zero-order valence-corrected chi connectivity index (χ0v) is 7.59. The topological polar surface area (TPSA) is 34.9 Å². The highest BCUT2D eigenvalue weighted by molar-refractivity contribution is 6.02. The Labute approximate surface area is 71.4 Å². The predicted molar refractivity (Wildman–Crippen MR) is 45.1 cm³/mol. The fourth-order valence-electron chi connectivity index (χ4n) is 1.77. The largest absolute Gasteiger partial charge is 0.294 e. The summed E-state index contributed by atoms with van der Waals surface area (Å²) in [6.45, 7) is 3.91. The Morgan fingerprint density at radius 3 is 2.83 bits per heavy atom. The van der Waals surface area contributed by atoms with Crippen molar-refractivity contribution in [1.29, 1.82) is 0 Å². The van der Waals surface area contributed by atoms with Crippen LogP contribution in [0.2, 0.25) is 0 Å². The van der Waals surface area contributed by atoms with Crippen molar-refractivity contribution in [3.05, 3.63) is 17.0 Å². The number of carbonyl (C=O) groups excluding carboxylic acids is 1. The van der Waals surface area contributed by atoms with Crippen LogP contribution in [0.5, 0.6) is 0 Å². The summed E-state index contributed by atoms with van der Waals surface area (Å²) in [4.78, 5) is 11.6. The summed E-state index contributed by atoms with van der Waals surface area (Å²) in [5, 5.41) is 4.29. The highest BCUT2D eigenvalue weighted by atomic mass is 16.1. The molecule has 0 aromatic carbocycles. The van der Waals surface area contributed by atoms with E-state index >= 15 is 0 Å². The first-order chi connectivity index (χ1) is 5.61. The molecule has 12 heavy (non-hydrogen) atoms. The lowest BCUT2D eigenvalue weighted by molar-refractivity contribution is 0.0945. The molecular formula is C9H12N2O. The first kappa shape index (κ1) is 7.53. The van der Waals surface area contributed by atoms with Crippen molar-refractivity contribution in [2.45, 2.75) is 20.3 Å². The average molecular weight is 164 g/mol. The number of ketones is 1. The van der Waals surface area contributed by atoms with Gasteiger partial charge in [-0.1, -0.05) is 6.92 Å². The number of nitrogens with zero attached hydrogens (tertiary/aromatic N) is 2. The summed E-state index contributed by atoms with van der Waals surface area (Å²) < 4.78 is 1.79. The molecule has 0 bridgehead atoms. The minimum atomic E-state index is 0.141. The molecule has 1 aliphatic rings. The minimum Gasteiger partial charge on any atom is -0.294 e. The number of fused-ring (bicyclic) bond motifs is 1. The summed E-state index contributed by atoms with van der Waals surface area (Å²) in [6.07, 6.45) is 0.815. The van der Waals surface area contributed by atoms with Crippen molar-refractivity contribution in [2.24, 2.45) is 13.0 Å². The van der Waals surface area contributed by atoms with Crippen molar-refractivity contribution < 1.29 is 4.79 Å². The molecule has 0 aliphatic heterocycles. The van der Waals surface area contributed by atoms with E-state index in [2.05, 4.69) is 5.10 Å². The van der Waals surface area contributed by atoms with Crippen molar-refractivity contribution in [3.8, 4) is 0 Å². The van der Waals surface area contributed by atoms with Gasteiger partial charge in [0.2, 0.25) is 0 Å². The second-order valence-corrected chi connectivity index (χ2v) is 3.50. The lowest BCUT2D eigenvalue weighted by Gasteiger charge is -1.99. The highest BCUT2D eigenvalue weighted by Gasteiger charge is 2.31.